The molecule has 0 bridgehead atoms. The fourth-order valence-corrected chi connectivity index (χ4v) is 6.76. The van der Waals surface area contributed by atoms with Gasteiger partial charge in [0.15, 0.2) is 0 Å². The van der Waals surface area contributed by atoms with Gasteiger partial charge in [0.05, 0.1) is 5.75 Å². The first-order chi connectivity index (χ1) is 12.9. The Balaban J connectivity index is 1.57. The molecule has 1 heterocycles. The van der Waals surface area contributed by atoms with E-state index in [-0.39, 0.29) is 0 Å². The van der Waals surface area contributed by atoms with E-state index in [4.69, 9.17) is 0 Å². The number of carbonyl (C=O) groups excluding carboxylic acids is 1. The van der Waals surface area contributed by atoms with Crippen molar-refractivity contribution >= 4 is 21.6 Å². The molecule has 1 saturated heterocycles. The van der Waals surface area contributed by atoms with Gasteiger partial charge in [0.1, 0.15) is 9.92 Å². The topological polar surface area (TPSA) is 73.8 Å². The first-order valence-corrected chi connectivity index (χ1v) is 11.7. The van der Waals surface area contributed by atoms with Crippen LogP contribution in [-0.2, 0) is 35.6 Å². The summed E-state index contributed by atoms with van der Waals surface area (Å²) in [5.41, 5.74) is 6.26. The Bertz CT molecular complexity index is 839. The van der Waals surface area contributed by atoms with Crippen molar-refractivity contribution < 1.29 is 9.00 Å². The molecule has 6 nitrogen and oxygen atoms in total. The molecule has 27 heavy (non-hydrogen) atoms. The first-order valence-electron chi connectivity index (χ1n) is 10.1. The van der Waals surface area contributed by atoms with Crippen molar-refractivity contribution in [2.45, 2.75) is 44.9 Å². The number of aryl methyl sites for hydroxylation is 2. The number of hydrogen-bond donors (Lipinski definition) is 2. The Morgan fingerprint density at radius 3 is 2.52 bits per heavy atom. The first kappa shape index (κ1) is 18.9. The predicted octanol–water partition coefficient (Wildman–Crippen LogP) is 2.75. The maximum atomic E-state index is 13.1. The number of carbonyl (C=O) groups is 1. The van der Waals surface area contributed by atoms with E-state index in [9.17, 15) is 9.00 Å². The molecule has 2 aliphatic carbocycles. The van der Waals surface area contributed by atoms with Crippen LogP contribution in [0.15, 0.2) is 10.4 Å². The second kappa shape index (κ2) is 7.53. The van der Waals surface area contributed by atoms with Crippen molar-refractivity contribution in [1.29, 1.82) is 0 Å². The number of nitrogens with zero attached hydrogens (tertiary/aromatic N) is 2. The zero-order chi connectivity index (χ0) is 19.0. The SMILES string of the molecule is CN(C)CC1CCNS(=O)(=NC(=O)Nc2c3c(cc4c2CCC4)CCC3)C1. The van der Waals surface area contributed by atoms with Gasteiger partial charge < -0.3 is 10.2 Å². The monoisotopic (exact) mass is 390 g/mol. The van der Waals surface area contributed by atoms with Crippen LogP contribution in [0.1, 0.15) is 41.5 Å². The molecule has 4 rings (SSSR count). The van der Waals surface area contributed by atoms with Gasteiger partial charge >= 0.3 is 6.03 Å². The summed E-state index contributed by atoms with van der Waals surface area (Å²) in [5.74, 6) is 0.736. The van der Waals surface area contributed by atoms with Gasteiger partial charge in [0.25, 0.3) is 0 Å². The van der Waals surface area contributed by atoms with Crippen LogP contribution in [0.5, 0.6) is 0 Å². The molecule has 2 N–H and O–H groups in total. The summed E-state index contributed by atoms with van der Waals surface area (Å²) in [6, 6.07) is 1.87. The number of hydrogen-bond acceptors (Lipinski definition) is 3. The van der Waals surface area contributed by atoms with Gasteiger partial charge in [-0.2, -0.15) is 0 Å². The van der Waals surface area contributed by atoms with E-state index in [0.717, 1.165) is 57.2 Å². The number of anilines is 1. The van der Waals surface area contributed by atoms with Crippen molar-refractivity contribution in [3.63, 3.8) is 0 Å². The smallest absolute Gasteiger partial charge is 0.309 e. The fraction of sp³-hybridized carbons (Fsp3) is 0.650. The summed E-state index contributed by atoms with van der Waals surface area (Å²) in [5, 5.41) is 3.04. The van der Waals surface area contributed by atoms with Gasteiger partial charge in [-0.3, -0.25) is 0 Å². The second-order valence-electron chi connectivity index (χ2n) is 8.37. The lowest BCUT2D eigenvalue weighted by Crippen LogP contribution is -2.41. The van der Waals surface area contributed by atoms with Crippen LogP contribution in [0, 0.1) is 5.92 Å². The largest absolute Gasteiger partial charge is 0.354 e. The third-order valence-corrected chi connectivity index (χ3v) is 7.94. The van der Waals surface area contributed by atoms with Crippen LogP contribution in [0.4, 0.5) is 10.5 Å². The Kier molecular flexibility index (Phi) is 5.27. The van der Waals surface area contributed by atoms with E-state index in [1.165, 1.54) is 22.3 Å². The number of fused-ring (bicyclic) bond motifs is 2. The summed E-state index contributed by atoms with van der Waals surface area (Å²) in [6.07, 6.45) is 7.45. The summed E-state index contributed by atoms with van der Waals surface area (Å²) in [6.45, 7) is 1.51. The Morgan fingerprint density at radius 2 is 1.89 bits per heavy atom. The van der Waals surface area contributed by atoms with Crippen LogP contribution in [0.25, 0.3) is 0 Å². The Labute approximate surface area is 162 Å². The highest BCUT2D eigenvalue weighted by Crippen LogP contribution is 2.38. The number of nitrogens with one attached hydrogen (secondary N) is 2. The Hall–Kier alpha value is -1.44. The van der Waals surface area contributed by atoms with E-state index in [2.05, 4.69) is 25.4 Å². The van der Waals surface area contributed by atoms with E-state index in [1.54, 1.807) is 0 Å². The molecule has 7 heteroatoms. The third-order valence-electron chi connectivity index (χ3n) is 5.90. The number of urea groups is 1. The average Bonchev–Trinajstić information content (AvgIpc) is 3.22. The van der Waals surface area contributed by atoms with Gasteiger partial charge in [-0.25, -0.2) is 13.7 Å². The average molecular weight is 391 g/mol. The molecule has 0 spiro atoms. The van der Waals surface area contributed by atoms with E-state index in [0.29, 0.717) is 18.2 Å². The zero-order valence-corrected chi connectivity index (χ0v) is 17.2. The van der Waals surface area contributed by atoms with Gasteiger partial charge in [-0.15, -0.1) is 4.36 Å². The highest BCUT2D eigenvalue weighted by molar-refractivity contribution is 7.92. The maximum Gasteiger partial charge on any atom is 0.354 e. The Morgan fingerprint density at radius 1 is 1.22 bits per heavy atom. The maximum absolute atomic E-state index is 13.1. The van der Waals surface area contributed by atoms with Crippen LogP contribution in [0.3, 0.4) is 0 Å². The van der Waals surface area contributed by atoms with Gasteiger partial charge in [0.2, 0.25) is 0 Å². The van der Waals surface area contributed by atoms with Gasteiger partial charge in [-0.05, 0) is 87.2 Å². The van der Waals surface area contributed by atoms with Crippen LogP contribution in [-0.4, -0.2) is 48.1 Å². The number of rotatable bonds is 3. The van der Waals surface area contributed by atoms with E-state index >= 15 is 0 Å². The van der Waals surface area contributed by atoms with Crippen LogP contribution >= 0.6 is 0 Å². The van der Waals surface area contributed by atoms with Gasteiger partial charge in [0, 0.05) is 18.8 Å². The summed E-state index contributed by atoms with van der Waals surface area (Å²) in [4.78, 5) is 14.8. The predicted molar refractivity (Wildman–Crippen MR) is 110 cm³/mol. The van der Waals surface area contributed by atoms with E-state index in [1.807, 2.05) is 14.1 Å². The molecule has 0 radical (unpaired) electrons. The molecular weight excluding hydrogens is 360 g/mol. The normalized spacial score (nSPS) is 26.7. The third kappa shape index (κ3) is 4.05. The molecule has 0 saturated carbocycles. The molecule has 0 aromatic heterocycles. The summed E-state index contributed by atoms with van der Waals surface area (Å²) < 4.78 is 20.2. The molecular formula is C20H30N4O2S. The summed E-state index contributed by atoms with van der Waals surface area (Å²) in [7, 11) is 1.34. The molecule has 1 aliphatic heterocycles. The van der Waals surface area contributed by atoms with Crippen molar-refractivity contribution in [3.05, 3.63) is 28.3 Å². The van der Waals surface area contributed by atoms with E-state index < -0.39 is 15.9 Å². The molecule has 2 unspecified atom stereocenters. The quantitative estimate of drug-likeness (QED) is 0.833. The molecule has 2 amide bonds. The fourth-order valence-electron chi connectivity index (χ4n) is 4.85. The molecule has 1 fully saturated rings. The van der Waals surface area contributed by atoms with Crippen molar-refractivity contribution in [2.24, 2.45) is 10.3 Å². The molecule has 3 aliphatic rings. The summed E-state index contributed by atoms with van der Waals surface area (Å²) >= 11 is 0. The number of amides is 2. The number of benzene rings is 1. The minimum absolute atomic E-state index is 0.301. The van der Waals surface area contributed by atoms with Gasteiger partial charge in [-0.1, -0.05) is 6.07 Å². The second-order valence-corrected chi connectivity index (χ2v) is 10.5. The standard InChI is InChI=1S/C20H30N4O2S/c1-24(2)12-14-9-10-21-27(26,13-14)23-20(25)22-19-17-7-3-5-15(17)11-16-6-4-8-18(16)19/h11,14H,3-10,12-13H2,1-2H3,(H2,21,22,23,25,26). The lowest BCUT2D eigenvalue weighted by molar-refractivity contribution is 0.259. The van der Waals surface area contributed by atoms with Crippen LogP contribution in [0.2, 0.25) is 0 Å². The van der Waals surface area contributed by atoms with Crippen molar-refractivity contribution in [3.8, 4) is 0 Å². The highest BCUT2D eigenvalue weighted by Gasteiger charge is 2.27. The zero-order valence-electron chi connectivity index (χ0n) is 16.3. The molecule has 1 aromatic rings. The minimum Gasteiger partial charge on any atom is -0.309 e. The lowest BCUT2D eigenvalue weighted by atomic mass is 9.99. The van der Waals surface area contributed by atoms with Crippen molar-refractivity contribution in [2.75, 3.05) is 38.3 Å². The van der Waals surface area contributed by atoms with Crippen LogP contribution < -0.4 is 10.0 Å². The molecule has 2 atom stereocenters. The molecule has 1 aromatic carbocycles. The lowest BCUT2D eigenvalue weighted by Gasteiger charge is -2.27. The molecule has 148 valence electrons. The van der Waals surface area contributed by atoms with Crippen molar-refractivity contribution in [1.82, 2.24) is 9.62 Å². The minimum atomic E-state index is -2.70. The highest BCUT2D eigenvalue weighted by atomic mass is 32.2.